The number of benzene rings is 1. The molecule has 0 aliphatic carbocycles. The third-order valence-electron chi connectivity index (χ3n) is 2.26. The predicted octanol–water partition coefficient (Wildman–Crippen LogP) is 0.0369. The van der Waals surface area contributed by atoms with Crippen LogP contribution in [0.2, 0.25) is 0 Å². The number of hydrogen-bond donors (Lipinski definition) is 4. The molecule has 96 valence electrons. The van der Waals surface area contributed by atoms with E-state index in [1.165, 1.54) is 18.2 Å². The molecule has 0 fully saturated rings. The first-order chi connectivity index (χ1) is 7.78. The Hall–Kier alpha value is -1.31. The molecule has 7 heteroatoms. The summed E-state index contributed by atoms with van der Waals surface area (Å²) in [6, 6.07) is 4.01. The Kier molecular flexibility index (Phi) is 4.33. The second-order valence-corrected chi connectivity index (χ2v) is 5.56. The van der Waals surface area contributed by atoms with Gasteiger partial charge in [0.2, 0.25) is 10.0 Å². The maximum absolute atomic E-state index is 10.7. The first-order valence-corrected chi connectivity index (χ1v) is 6.76. The summed E-state index contributed by atoms with van der Waals surface area (Å²) in [5.74, 6) is -0.248. The van der Waals surface area contributed by atoms with Crippen LogP contribution in [0.4, 0.5) is 0 Å². The minimum atomic E-state index is -3.48. The molecule has 0 heterocycles. The molecule has 0 saturated heterocycles. The Bertz CT molecular complexity index is 467. The van der Waals surface area contributed by atoms with Gasteiger partial charge in [0, 0.05) is 18.7 Å². The lowest BCUT2D eigenvalue weighted by atomic mass is 10.1. The van der Waals surface area contributed by atoms with E-state index in [1.807, 2.05) is 0 Å². The largest absolute Gasteiger partial charge is 0.508 e. The summed E-state index contributed by atoms with van der Waals surface area (Å²) in [5, 5.41) is 26.4. The van der Waals surface area contributed by atoms with Gasteiger partial charge in [-0.05, 0) is 24.6 Å². The smallest absolute Gasteiger partial charge is 0.210 e. The van der Waals surface area contributed by atoms with Crippen LogP contribution >= 0.6 is 0 Å². The maximum atomic E-state index is 10.7. The number of nitrogens with one attached hydrogen (secondary N) is 1. The minimum Gasteiger partial charge on any atom is -0.508 e. The lowest BCUT2D eigenvalue weighted by molar-refractivity contribution is 0.446. The fraction of sp³-hybridized carbons (Fsp3) is 0.400. The summed E-state index contributed by atoms with van der Waals surface area (Å²) < 4.78 is 21.4. The molecule has 0 spiro atoms. The molecule has 1 aromatic rings. The molecule has 0 aromatic heterocycles. The van der Waals surface area contributed by atoms with Gasteiger partial charge in [0.05, 0.1) is 5.75 Å². The van der Waals surface area contributed by atoms with E-state index in [1.54, 1.807) is 6.92 Å². The van der Waals surface area contributed by atoms with Crippen molar-refractivity contribution >= 4 is 10.0 Å². The second-order valence-electron chi connectivity index (χ2n) is 3.83. The summed E-state index contributed by atoms with van der Waals surface area (Å²) in [6.45, 7) is 1.99. The molecule has 1 atom stereocenters. The molecule has 5 N–H and O–H groups in total. The summed E-state index contributed by atoms with van der Waals surface area (Å²) in [7, 11) is -3.48. The summed E-state index contributed by atoms with van der Waals surface area (Å²) in [4.78, 5) is 0. The van der Waals surface area contributed by atoms with Crippen molar-refractivity contribution in [3.05, 3.63) is 23.8 Å². The Labute approximate surface area is 100 Å². The van der Waals surface area contributed by atoms with Crippen molar-refractivity contribution in [1.82, 2.24) is 5.32 Å². The lowest BCUT2D eigenvalue weighted by Gasteiger charge is -2.14. The van der Waals surface area contributed by atoms with Crippen LogP contribution in [0.3, 0.4) is 0 Å². The summed E-state index contributed by atoms with van der Waals surface area (Å²) >= 11 is 0. The van der Waals surface area contributed by atoms with Gasteiger partial charge in [-0.15, -0.1) is 0 Å². The van der Waals surface area contributed by atoms with Gasteiger partial charge >= 0.3 is 0 Å². The van der Waals surface area contributed by atoms with Crippen LogP contribution in [0, 0.1) is 0 Å². The van der Waals surface area contributed by atoms with E-state index in [0.717, 1.165) is 0 Å². The predicted molar refractivity (Wildman–Crippen MR) is 64.2 cm³/mol. The first kappa shape index (κ1) is 13.8. The van der Waals surface area contributed by atoms with Crippen LogP contribution in [-0.2, 0) is 10.0 Å². The van der Waals surface area contributed by atoms with Crippen LogP contribution in [0.15, 0.2) is 18.2 Å². The van der Waals surface area contributed by atoms with Crippen molar-refractivity contribution in [2.24, 2.45) is 5.14 Å². The van der Waals surface area contributed by atoms with E-state index >= 15 is 0 Å². The highest BCUT2D eigenvalue weighted by Gasteiger charge is 2.09. The number of hydrogen-bond acceptors (Lipinski definition) is 5. The molecule has 0 bridgehead atoms. The third-order valence-corrected chi connectivity index (χ3v) is 3.04. The van der Waals surface area contributed by atoms with E-state index < -0.39 is 10.0 Å². The lowest BCUT2D eigenvalue weighted by Crippen LogP contribution is -2.28. The fourth-order valence-electron chi connectivity index (χ4n) is 1.40. The Morgan fingerprint density at radius 1 is 1.29 bits per heavy atom. The zero-order valence-electron chi connectivity index (χ0n) is 9.42. The van der Waals surface area contributed by atoms with Crippen molar-refractivity contribution in [3.8, 4) is 11.5 Å². The van der Waals surface area contributed by atoms with Gasteiger partial charge in [0.25, 0.3) is 0 Å². The van der Waals surface area contributed by atoms with Crippen LogP contribution in [-0.4, -0.2) is 30.9 Å². The van der Waals surface area contributed by atoms with Gasteiger partial charge in [-0.3, -0.25) is 0 Å². The second kappa shape index (κ2) is 5.35. The number of rotatable bonds is 5. The molecule has 0 aliphatic heterocycles. The number of aromatic hydroxyl groups is 2. The van der Waals surface area contributed by atoms with Gasteiger partial charge < -0.3 is 15.5 Å². The van der Waals surface area contributed by atoms with Crippen LogP contribution in [0.25, 0.3) is 0 Å². The highest BCUT2D eigenvalue weighted by atomic mass is 32.2. The summed E-state index contributed by atoms with van der Waals surface area (Å²) in [5.41, 5.74) is 0.664. The standard InChI is InChI=1S/C10H16N2O4S/c1-7(12-2-3-17(11,15)16)8-4-9(13)6-10(14)5-8/h4-7,12-14H,2-3H2,1H3,(H2,11,15,16). The molecule has 1 unspecified atom stereocenters. The molecule has 1 aromatic carbocycles. The average molecular weight is 260 g/mol. The number of phenols is 2. The Morgan fingerprint density at radius 3 is 2.29 bits per heavy atom. The van der Waals surface area contributed by atoms with Crippen LogP contribution in [0.1, 0.15) is 18.5 Å². The van der Waals surface area contributed by atoms with E-state index in [-0.39, 0.29) is 29.8 Å². The minimum absolute atomic E-state index is 0.0416. The quantitative estimate of drug-likeness (QED) is 0.597. The van der Waals surface area contributed by atoms with Gasteiger partial charge in [-0.2, -0.15) is 0 Å². The van der Waals surface area contributed by atoms with E-state index in [2.05, 4.69) is 5.32 Å². The van der Waals surface area contributed by atoms with E-state index in [0.29, 0.717) is 5.56 Å². The highest BCUT2D eigenvalue weighted by molar-refractivity contribution is 7.89. The molecule has 0 radical (unpaired) electrons. The molecular formula is C10H16N2O4S. The molecular weight excluding hydrogens is 244 g/mol. The normalized spacial score (nSPS) is 13.5. The number of phenolic OH excluding ortho intramolecular Hbond substituents is 2. The zero-order chi connectivity index (χ0) is 13.1. The van der Waals surface area contributed by atoms with Crippen molar-refractivity contribution in [3.63, 3.8) is 0 Å². The molecule has 17 heavy (non-hydrogen) atoms. The first-order valence-electron chi connectivity index (χ1n) is 5.05. The van der Waals surface area contributed by atoms with Gasteiger partial charge in [-0.1, -0.05) is 0 Å². The van der Waals surface area contributed by atoms with Crippen molar-refractivity contribution < 1.29 is 18.6 Å². The molecule has 6 nitrogen and oxygen atoms in total. The van der Waals surface area contributed by atoms with E-state index in [9.17, 15) is 18.6 Å². The van der Waals surface area contributed by atoms with Gasteiger partial charge in [0.15, 0.2) is 0 Å². The summed E-state index contributed by atoms with van der Waals surface area (Å²) in [6.07, 6.45) is 0. The SMILES string of the molecule is CC(NCCS(N)(=O)=O)c1cc(O)cc(O)c1. The topological polar surface area (TPSA) is 113 Å². The fourth-order valence-corrected chi connectivity index (χ4v) is 1.81. The van der Waals surface area contributed by atoms with Crippen molar-refractivity contribution in [1.29, 1.82) is 0 Å². The Balaban J connectivity index is 2.61. The third kappa shape index (κ3) is 5.03. The van der Waals surface area contributed by atoms with Gasteiger partial charge in [0.1, 0.15) is 11.5 Å². The number of nitrogens with two attached hydrogens (primary N) is 1. The average Bonchev–Trinajstić information content (AvgIpc) is 2.13. The molecule has 1 rings (SSSR count). The van der Waals surface area contributed by atoms with Gasteiger partial charge in [-0.25, -0.2) is 13.6 Å². The van der Waals surface area contributed by atoms with Crippen molar-refractivity contribution in [2.75, 3.05) is 12.3 Å². The highest BCUT2D eigenvalue weighted by Crippen LogP contribution is 2.24. The molecule has 0 amide bonds. The molecule has 0 saturated carbocycles. The number of sulfonamides is 1. The molecule has 0 aliphatic rings. The van der Waals surface area contributed by atoms with Crippen LogP contribution < -0.4 is 10.5 Å². The zero-order valence-corrected chi connectivity index (χ0v) is 10.2. The van der Waals surface area contributed by atoms with Crippen LogP contribution in [0.5, 0.6) is 11.5 Å². The van der Waals surface area contributed by atoms with E-state index in [4.69, 9.17) is 5.14 Å². The maximum Gasteiger partial charge on any atom is 0.210 e. The Morgan fingerprint density at radius 2 is 1.82 bits per heavy atom. The monoisotopic (exact) mass is 260 g/mol. The number of primary sulfonamides is 1. The van der Waals surface area contributed by atoms with Crippen molar-refractivity contribution in [2.45, 2.75) is 13.0 Å².